The second kappa shape index (κ2) is 5.52. The molecule has 0 spiro atoms. The summed E-state index contributed by atoms with van der Waals surface area (Å²) in [7, 11) is 0. The number of hydrogen-bond donors (Lipinski definition) is 3. The molecule has 3 rings (SSSR count). The first-order valence-corrected chi connectivity index (χ1v) is 6.73. The van der Waals surface area contributed by atoms with Crippen LogP contribution in [0.4, 0.5) is 0 Å². The summed E-state index contributed by atoms with van der Waals surface area (Å²) in [4.78, 5) is 26.0. The molecule has 9 nitrogen and oxygen atoms in total. The predicted octanol–water partition coefficient (Wildman–Crippen LogP) is -0.859. The number of nitrogens with one attached hydrogen (secondary N) is 1. The minimum absolute atomic E-state index is 0.130. The minimum Gasteiger partial charge on any atom is -0.394 e. The maximum atomic E-state index is 12.0. The van der Waals surface area contributed by atoms with Crippen molar-refractivity contribution in [3.63, 3.8) is 0 Å². The molecule has 0 amide bonds. The van der Waals surface area contributed by atoms with Gasteiger partial charge in [0.2, 0.25) is 0 Å². The molecule has 0 aromatic carbocycles. The molecule has 1 aliphatic heterocycles. The van der Waals surface area contributed by atoms with E-state index in [1.807, 2.05) is 0 Å². The summed E-state index contributed by atoms with van der Waals surface area (Å²) in [5, 5.41) is 22.6. The second-order valence-corrected chi connectivity index (χ2v) is 5.16. The van der Waals surface area contributed by atoms with Crippen molar-refractivity contribution in [3.8, 4) is 11.3 Å². The molecular weight excluding hydrogens is 294 g/mol. The molecule has 118 valence electrons. The van der Waals surface area contributed by atoms with Gasteiger partial charge in [-0.2, -0.15) is 0 Å². The fraction of sp³-hybridized carbons (Fsp3) is 0.462. The van der Waals surface area contributed by atoms with Gasteiger partial charge in [-0.1, -0.05) is 5.16 Å². The maximum absolute atomic E-state index is 12.0. The summed E-state index contributed by atoms with van der Waals surface area (Å²) in [6.45, 7) is 1.35. The molecule has 9 heteroatoms. The Bertz CT molecular complexity index is 792. The van der Waals surface area contributed by atoms with Gasteiger partial charge >= 0.3 is 5.69 Å². The molecule has 22 heavy (non-hydrogen) atoms. The van der Waals surface area contributed by atoms with Crippen LogP contribution in [0, 0.1) is 6.92 Å². The molecule has 1 saturated heterocycles. The van der Waals surface area contributed by atoms with Gasteiger partial charge in [0.05, 0.1) is 18.4 Å². The maximum Gasteiger partial charge on any atom is 0.330 e. The van der Waals surface area contributed by atoms with E-state index in [4.69, 9.17) is 14.4 Å². The molecule has 1 aliphatic rings. The molecule has 0 aliphatic carbocycles. The Balaban J connectivity index is 2.03. The van der Waals surface area contributed by atoms with E-state index in [0.717, 1.165) is 4.57 Å². The summed E-state index contributed by atoms with van der Waals surface area (Å²) in [5.74, 6) is 0.227. The molecular formula is C13H15N3O6. The van der Waals surface area contributed by atoms with Crippen LogP contribution in [-0.2, 0) is 4.74 Å². The Morgan fingerprint density at radius 1 is 1.50 bits per heavy atom. The first-order chi connectivity index (χ1) is 10.5. The average molecular weight is 309 g/mol. The van der Waals surface area contributed by atoms with Crippen LogP contribution in [-0.4, -0.2) is 43.7 Å². The van der Waals surface area contributed by atoms with Gasteiger partial charge in [0.1, 0.15) is 17.9 Å². The smallest absolute Gasteiger partial charge is 0.330 e. The molecule has 0 bridgehead atoms. The Labute approximate surface area is 123 Å². The monoisotopic (exact) mass is 309 g/mol. The van der Waals surface area contributed by atoms with Crippen molar-refractivity contribution in [2.75, 3.05) is 6.61 Å². The van der Waals surface area contributed by atoms with E-state index in [2.05, 4.69) is 10.1 Å². The number of aryl methyl sites for hydroxylation is 1. The number of rotatable bonds is 3. The van der Waals surface area contributed by atoms with E-state index in [-0.39, 0.29) is 24.4 Å². The number of aliphatic hydroxyl groups is 2. The predicted molar refractivity (Wildman–Crippen MR) is 73.2 cm³/mol. The lowest BCUT2D eigenvalue weighted by atomic mass is 10.2. The van der Waals surface area contributed by atoms with Gasteiger partial charge in [-0.3, -0.25) is 14.3 Å². The zero-order chi connectivity index (χ0) is 15.9. The minimum atomic E-state index is -0.884. The van der Waals surface area contributed by atoms with E-state index >= 15 is 0 Å². The standard InChI is InChI=1S/C13H15N3O6/c1-6-2-9(22-15-6)7-4-16(13(20)14-12(7)19)11-3-8(18)10(5-17)21-11/h2,4,8,10-11,17-18H,3,5H2,1H3,(H,14,19,20)/t8-,10+,11+/m0/s1. The fourth-order valence-corrected chi connectivity index (χ4v) is 2.42. The third-order valence-electron chi connectivity index (χ3n) is 3.56. The van der Waals surface area contributed by atoms with Crippen molar-refractivity contribution >= 4 is 0 Å². The largest absolute Gasteiger partial charge is 0.394 e. The Morgan fingerprint density at radius 2 is 2.27 bits per heavy atom. The highest BCUT2D eigenvalue weighted by Gasteiger charge is 2.35. The highest BCUT2D eigenvalue weighted by atomic mass is 16.5. The van der Waals surface area contributed by atoms with Crippen molar-refractivity contribution in [1.29, 1.82) is 0 Å². The topological polar surface area (TPSA) is 131 Å². The number of H-pyrrole nitrogens is 1. The van der Waals surface area contributed by atoms with Crippen LogP contribution < -0.4 is 11.2 Å². The van der Waals surface area contributed by atoms with Gasteiger partial charge in [0.15, 0.2) is 5.76 Å². The Morgan fingerprint density at radius 3 is 2.86 bits per heavy atom. The van der Waals surface area contributed by atoms with Crippen LogP contribution in [0.3, 0.4) is 0 Å². The number of aromatic nitrogens is 3. The quantitative estimate of drug-likeness (QED) is 0.672. The first-order valence-electron chi connectivity index (χ1n) is 6.73. The summed E-state index contributed by atoms with van der Waals surface area (Å²) in [5.41, 5.74) is -0.541. The number of aromatic amines is 1. The molecule has 1 fully saturated rings. The summed E-state index contributed by atoms with van der Waals surface area (Å²) >= 11 is 0. The lowest BCUT2D eigenvalue weighted by Gasteiger charge is -2.14. The highest BCUT2D eigenvalue weighted by molar-refractivity contribution is 5.54. The highest BCUT2D eigenvalue weighted by Crippen LogP contribution is 2.28. The Hall–Kier alpha value is -2.23. The summed E-state index contributed by atoms with van der Waals surface area (Å²) in [6, 6.07) is 1.57. The number of aliphatic hydroxyl groups excluding tert-OH is 2. The van der Waals surface area contributed by atoms with Crippen LogP contribution in [0.15, 0.2) is 26.4 Å². The third kappa shape index (κ3) is 2.49. The zero-order valence-electron chi connectivity index (χ0n) is 11.7. The lowest BCUT2D eigenvalue weighted by molar-refractivity contribution is -0.0458. The molecule has 2 aromatic heterocycles. The number of hydrogen-bond acceptors (Lipinski definition) is 7. The lowest BCUT2D eigenvalue weighted by Crippen LogP contribution is -2.33. The van der Waals surface area contributed by atoms with Gasteiger partial charge in [-0.25, -0.2) is 4.79 Å². The van der Waals surface area contributed by atoms with Crippen molar-refractivity contribution in [3.05, 3.63) is 38.8 Å². The van der Waals surface area contributed by atoms with Crippen molar-refractivity contribution < 1.29 is 19.5 Å². The van der Waals surface area contributed by atoms with E-state index < -0.39 is 29.7 Å². The number of nitrogens with zero attached hydrogens (tertiary/aromatic N) is 2. The Kier molecular flexibility index (Phi) is 3.69. The molecule has 3 heterocycles. The third-order valence-corrected chi connectivity index (χ3v) is 3.56. The summed E-state index contributed by atoms with van der Waals surface area (Å²) < 4.78 is 11.6. The molecule has 0 saturated carbocycles. The second-order valence-electron chi connectivity index (χ2n) is 5.16. The zero-order valence-corrected chi connectivity index (χ0v) is 11.7. The van der Waals surface area contributed by atoms with Gasteiger partial charge in [-0.05, 0) is 6.92 Å². The summed E-state index contributed by atoms with van der Waals surface area (Å²) in [6.07, 6.45) is -0.992. The van der Waals surface area contributed by atoms with Crippen molar-refractivity contribution in [1.82, 2.24) is 14.7 Å². The van der Waals surface area contributed by atoms with Crippen molar-refractivity contribution in [2.24, 2.45) is 0 Å². The van der Waals surface area contributed by atoms with Gasteiger partial charge in [-0.15, -0.1) is 0 Å². The SMILES string of the molecule is Cc1cc(-c2cn([C@H]3C[C@H](O)[C@@H](CO)O3)c(=O)[nH]c2=O)on1. The van der Waals surface area contributed by atoms with Crippen LogP contribution in [0.1, 0.15) is 18.3 Å². The average Bonchev–Trinajstić information content (AvgIpc) is 3.05. The normalized spacial score (nSPS) is 24.8. The molecule has 0 unspecified atom stereocenters. The van der Waals surface area contributed by atoms with E-state index in [1.165, 1.54) is 6.20 Å². The van der Waals surface area contributed by atoms with Crippen LogP contribution in [0.25, 0.3) is 11.3 Å². The fourth-order valence-electron chi connectivity index (χ4n) is 2.42. The van der Waals surface area contributed by atoms with Gasteiger partial charge < -0.3 is 19.5 Å². The van der Waals surface area contributed by atoms with E-state index in [1.54, 1.807) is 13.0 Å². The van der Waals surface area contributed by atoms with Gasteiger partial charge in [0, 0.05) is 18.7 Å². The van der Waals surface area contributed by atoms with E-state index in [9.17, 15) is 14.7 Å². The molecule has 3 atom stereocenters. The molecule has 3 N–H and O–H groups in total. The molecule has 0 radical (unpaired) electrons. The van der Waals surface area contributed by atoms with E-state index in [0.29, 0.717) is 5.69 Å². The molecule has 2 aromatic rings. The number of ether oxygens (including phenoxy) is 1. The van der Waals surface area contributed by atoms with Crippen LogP contribution >= 0.6 is 0 Å². The van der Waals surface area contributed by atoms with Crippen molar-refractivity contribution in [2.45, 2.75) is 31.8 Å². The first kappa shape index (κ1) is 14.7. The van der Waals surface area contributed by atoms with Crippen LogP contribution in [0.5, 0.6) is 0 Å². The van der Waals surface area contributed by atoms with Gasteiger partial charge in [0.25, 0.3) is 5.56 Å². The van der Waals surface area contributed by atoms with Crippen LogP contribution in [0.2, 0.25) is 0 Å².